The lowest BCUT2D eigenvalue weighted by Gasteiger charge is -2.17. The Morgan fingerprint density at radius 1 is 1.17 bits per heavy atom. The maximum atomic E-state index is 13.9. The highest BCUT2D eigenvalue weighted by molar-refractivity contribution is 7.92. The molecule has 1 amide bonds. The number of nitrogens with two attached hydrogens (primary N) is 2. The second kappa shape index (κ2) is 14.4. The number of rotatable bonds is 15. The number of fused-ring (bicyclic) bond motifs is 1. The molecule has 14 nitrogen and oxygen atoms in total. The number of carboxylic acid groups (broad SMARTS) is 1. The van der Waals surface area contributed by atoms with Crippen LogP contribution in [0.4, 0.5) is 5.69 Å². The van der Waals surface area contributed by atoms with Gasteiger partial charge in [0.1, 0.15) is 21.6 Å². The minimum absolute atomic E-state index is 0.0156. The summed E-state index contributed by atoms with van der Waals surface area (Å²) >= 11 is 0.983. The summed E-state index contributed by atoms with van der Waals surface area (Å²) in [6, 6.07) is 11.5. The van der Waals surface area contributed by atoms with Crippen molar-refractivity contribution in [1.29, 1.82) is 0 Å². The number of amides is 1. The third kappa shape index (κ3) is 7.82. The lowest BCUT2D eigenvalue weighted by Crippen LogP contribution is -2.40. The van der Waals surface area contributed by atoms with Crippen LogP contribution in [0.3, 0.4) is 0 Å². The molecular formula is C30H34N8O6S2. The molecule has 2 aromatic carbocycles. The van der Waals surface area contributed by atoms with Gasteiger partial charge in [0.25, 0.3) is 15.9 Å². The van der Waals surface area contributed by atoms with Crippen molar-refractivity contribution in [2.45, 2.75) is 43.3 Å². The Kier molecular flexibility index (Phi) is 10.2. The van der Waals surface area contributed by atoms with Gasteiger partial charge in [-0.25, -0.2) is 13.2 Å². The molecule has 0 spiro atoms. The van der Waals surface area contributed by atoms with Crippen LogP contribution in [0.2, 0.25) is 0 Å². The highest BCUT2D eigenvalue weighted by Gasteiger charge is 2.30. The summed E-state index contributed by atoms with van der Waals surface area (Å²) in [5.41, 5.74) is 14.9. The van der Waals surface area contributed by atoms with Crippen molar-refractivity contribution in [2.75, 3.05) is 17.9 Å². The number of hydrogen-bond donors (Lipinski definition) is 7. The summed E-state index contributed by atoms with van der Waals surface area (Å²) in [7, 11) is -4.25. The lowest BCUT2D eigenvalue weighted by molar-refractivity contribution is -0.139. The van der Waals surface area contributed by atoms with Crippen LogP contribution in [-0.4, -0.2) is 60.8 Å². The predicted octanol–water partition coefficient (Wildman–Crippen LogP) is 2.40. The van der Waals surface area contributed by atoms with Crippen LogP contribution in [0.25, 0.3) is 11.1 Å². The van der Waals surface area contributed by atoms with Crippen molar-refractivity contribution in [1.82, 2.24) is 20.8 Å². The molecule has 242 valence electrons. The molecular weight excluding hydrogens is 633 g/mol. The van der Waals surface area contributed by atoms with Crippen LogP contribution in [-0.2, 0) is 34.3 Å². The number of hydrogen-bond acceptors (Lipinski definition) is 9. The fourth-order valence-corrected chi connectivity index (χ4v) is 7.15. The fraction of sp³-hybridized carbons (Fsp3) is 0.267. The third-order valence-electron chi connectivity index (χ3n) is 7.23. The Labute approximate surface area is 269 Å². The topological polar surface area (TPSA) is 227 Å². The average Bonchev–Trinajstić information content (AvgIpc) is 3.80. The first kappa shape index (κ1) is 32.5. The normalized spacial score (nSPS) is 13.0. The number of nitrogens with zero attached hydrogens (tertiary/aromatic N) is 2. The van der Waals surface area contributed by atoms with E-state index in [0.29, 0.717) is 38.1 Å². The van der Waals surface area contributed by atoms with E-state index in [9.17, 15) is 23.1 Å². The van der Waals surface area contributed by atoms with E-state index in [0.717, 1.165) is 33.6 Å². The van der Waals surface area contributed by atoms with E-state index in [2.05, 4.69) is 30.5 Å². The van der Waals surface area contributed by atoms with Gasteiger partial charge in [-0.15, -0.1) is 11.3 Å². The summed E-state index contributed by atoms with van der Waals surface area (Å²) < 4.78 is 36.1. The zero-order valence-electron chi connectivity index (χ0n) is 24.7. The highest BCUT2D eigenvalue weighted by atomic mass is 32.2. The summed E-state index contributed by atoms with van der Waals surface area (Å²) in [6.07, 6.45) is 4.48. The van der Waals surface area contributed by atoms with Gasteiger partial charge in [0.05, 0.1) is 18.5 Å². The molecule has 4 aromatic rings. The Hall–Kier alpha value is -4.93. The van der Waals surface area contributed by atoms with Crippen molar-refractivity contribution >= 4 is 44.9 Å². The smallest absolute Gasteiger partial charge is 0.326 e. The molecule has 1 aliphatic rings. The van der Waals surface area contributed by atoms with Gasteiger partial charge in [-0.2, -0.15) is 5.10 Å². The monoisotopic (exact) mass is 666 g/mol. The number of carboxylic acids is 1. The van der Waals surface area contributed by atoms with E-state index in [1.807, 2.05) is 36.5 Å². The lowest BCUT2D eigenvalue weighted by atomic mass is 9.97. The molecule has 1 unspecified atom stereocenters. The van der Waals surface area contributed by atoms with Crippen LogP contribution in [0, 0.1) is 0 Å². The molecule has 0 saturated carbocycles. The van der Waals surface area contributed by atoms with Gasteiger partial charge in [-0.1, -0.05) is 24.3 Å². The number of nitrogens with one attached hydrogen (secondary N) is 4. The number of aromatic amines is 1. The molecule has 9 N–H and O–H groups in total. The van der Waals surface area contributed by atoms with E-state index in [1.165, 1.54) is 6.07 Å². The number of aliphatic imine (C=N–C) groups is 1. The fourth-order valence-electron chi connectivity index (χ4n) is 5.05. The van der Waals surface area contributed by atoms with Crippen molar-refractivity contribution in [2.24, 2.45) is 16.5 Å². The summed E-state index contributed by atoms with van der Waals surface area (Å²) in [5.74, 6) is -1.82. The van der Waals surface area contributed by atoms with E-state index in [4.69, 9.17) is 16.2 Å². The van der Waals surface area contributed by atoms with Crippen molar-refractivity contribution in [3.8, 4) is 16.9 Å². The minimum atomic E-state index is -4.25. The molecule has 0 saturated heterocycles. The first-order chi connectivity index (χ1) is 22.1. The number of aliphatic carboxylic acids is 1. The average molecular weight is 667 g/mol. The van der Waals surface area contributed by atoms with E-state index >= 15 is 0 Å². The van der Waals surface area contributed by atoms with Crippen LogP contribution in [0.1, 0.15) is 39.2 Å². The number of ether oxygens (including phenoxy) is 1. The Balaban J connectivity index is 1.37. The van der Waals surface area contributed by atoms with Crippen LogP contribution >= 0.6 is 11.3 Å². The molecule has 1 atom stereocenters. The number of aromatic nitrogens is 2. The summed E-state index contributed by atoms with van der Waals surface area (Å²) in [4.78, 5) is 28.7. The third-order valence-corrected chi connectivity index (χ3v) is 9.52. The molecule has 46 heavy (non-hydrogen) atoms. The van der Waals surface area contributed by atoms with E-state index < -0.39 is 27.9 Å². The molecule has 0 aliphatic carbocycles. The number of guanidine groups is 1. The second-order valence-corrected chi connectivity index (χ2v) is 13.1. The summed E-state index contributed by atoms with van der Waals surface area (Å²) in [5, 5.41) is 23.8. The molecule has 3 heterocycles. The van der Waals surface area contributed by atoms with Crippen molar-refractivity contribution in [3.63, 3.8) is 0 Å². The minimum Gasteiger partial charge on any atom is -0.492 e. The zero-order chi connectivity index (χ0) is 32.7. The molecule has 2 aromatic heterocycles. The standard InChI is InChI=1S/C30H34N8O6S2/c31-30(32)34-9-3-6-24(29(40)41)37-28(39)27-23(8-11-45-27)38-46(42,43)25-13-21(12-19-7-10-44-26(19)25)22-5-2-1-4-20(22)17-33-14-18-15-35-36-16-18/h1-2,4-5,8,11-13,15-16,24,33,38H,3,6-7,9-10,14,17H2,(H,35,36)(H,37,39)(H,40,41)(H4,31,32,34). The Bertz CT molecular complexity index is 1840. The first-order valence-corrected chi connectivity index (χ1v) is 16.7. The SMILES string of the molecule is NC(N)=NCCCC(NC(=O)c1sccc1NS(=O)(=O)c1cc(-c2ccccc2CNCc2cn[nH]c2)cc2c1OCC2)C(=O)O. The molecule has 0 radical (unpaired) electrons. The van der Waals surface area contributed by atoms with Crippen LogP contribution in [0.5, 0.6) is 5.75 Å². The molecule has 0 bridgehead atoms. The maximum Gasteiger partial charge on any atom is 0.326 e. The van der Waals surface area contributed by atoms with Gasteiger partial charge in [-0.3, -0.25) is 19.6 Å². The van der Waals surface area contributed by atoms with Gasteiger partial charge in [-0.05, 0) is 58.7 Å². The number of benzene rings is 2. The highest BCUT2D eigenvalue weighted by Crippen LogP contribution is 2.39. The Morgan fingerprint density at radius 2 is 2.00 bits per heavy atom. The first-order valence-electron chi connectivity index (χ1n) is 14.4. The maximum absolute atomic E-state index is 13.9. The second-order valence-electron chi connectivity index (χ2n) is 10.5. The predicted molar refractivity (Wildman–Crippen MR) is 174 cm³/mol. The number of thiophene rings is 1. The quantitative estimate of drug-likeness (QED) is 0.0557. The molecule has 0 fully saturated rings. The van der Waals surface area contributed by atoms with Gasteiger partial charge >= 0.3 is 5.97 Å². The Morgan fingerprint density at radius 3 is 2.76 bits per heavy atom. The van der Waals surface area contributed by atoms with Gasteiger partial charge in [0, 0.05) is 37.8 Å². The van der Waals surface area contributed by atoms with Crippen molar-refractivity contribution < 1.29 is 27.9 Å². The van der Waals surface area contributed by atoms with Gasteiger partial charge < -0.3 is 31.9 Å². The van der Waals surface area contributed by atoms with Crippen LogP contribution in [0.15, 0.2) is 70.1 Å². The van der Waals surface area contributed by atoms with Gasteiger partial charge in [0.15, 0.2) is 5.96 Å². The molecule has 5 rings (SSSR count). The molecule has 16 heteroatoms. The van der Waals surface area contributed by atoms with Crippen molar-refractivity contribution in [3.05, 3.63) is 81.8 Å². The number of anilines is 1. The largest absolute Gasteiger partial charge is 0.492 e. The number of carbonyl (C=O) groups is 2. The van der Waals surface area contributed by atoms with Gasteiger partial charge in [0.2, 0.25) is 0 Å². The van der Waals surface area contributed by atoms with E-state index in [-0.39, 0.29) is 40.1 Å². The van der Waals surface area contributed by atoms with Crippen LogP contribution < -0.4 is 31.6 Å². The summed E-state index contributed by atoms with van der Waals surface area (Å²) in [6.45, 7) is 1.67. The number of carbonyl (C=O) groups excluding carboxylic acids is 1. The van der Waals surface area contributed by atoms with E-state index in [1.54, 1.807) is 17.6 Å². The zero-order valence-corrected chi connectivity index (χ0v) is 26.3. The molecule has 1 aliphatic heterocycles. The number of H-pyrrole nitrogens is 1. The number of sulfonamides is 1.